The Labute approximate surface area is 84.0 Å². The maximum Gasteiger partial charge on any atom is 0.0818 e. The third-order valence-corrected chi connectivity index (χ3v) is 2.69. The molecule has 1 aliphatic rings. The molecule has 2 heterocycles. The third kappa shape index (κ3) is 1.96. The molecule has 0 bridgehead atoms. The number of hydrogen-bond acceptors (Lipinski definition) is 3. The molecular weight excluding hydrogens is 178 g/mol. The molecule has 1 fully saturated rings. The Kier molecular flexibility index (Phi) is 2.84. The highest BCUT2D eigenvalue weighted by molar-refractivity contribution is 5.07. The summed E-state index contributed by atoms with van der Waals surface area (Å²) in [6.07, 6.45) is 5.49. The molecule has 78 valence electrons. The van der Waals surface area contributed by atoms with Gasteiger partial charge in [0, 0.05) is 19.9 Å². The van der Waals surface area contributed by atoms with E-state index in [2.05, 4.69) is 5.10 Å². The Morgan fingerprint density at radius 2 is 2.50 bits per heavy atom. The molecule has 2 unspecified atom stereocenters. The fourth-order valence-corrected chi connectivity index (χ4v) is 1.85. The third-order valence-electron chi connectivity index (χ3n) is 2.69. The summed E-state index contributed by atoms with van der Waals surface area (Å²) in [5, 5.41) is 4.30. The van der Waals surface area contributed by atoms with Crippen molar-refractivity contribution in [3.63, 3.8) is 0 Å². The van der Waals surface area contributed by atoms with E-state index in [-0.39, 0.29) is 12.1 Å². The predicted octanol–water partition coefficient (Wildman–Crippen LogP) is 0.989. The second-order valence-corrected chi connectivity index (χ2v) is 3.85. The summed E-state index contributed by atoms with van der Waals surface area (Å²) in [4.78, 5) is 0. The van der Waals surface area contributed by atoms with Crippen LogP contribution in [0.4, 0.5) is 0 Å². The lowest BCUT2D eigenvalue weighted by Crippen LogP contribution is -2.32. The SMILES string of the molecule is Cn1ccc(C(N)C2CCCCO2)n1. The van der Waals surface area contributed by atoms with Crippen LogP contribution in [0.1, 0.15) is 31.0 Å². The Morgan fingerprint density at radius 3 is 3.07 bits per heavy atom. The molecular formula is C10H17N3O. The lowest BCUT2D eigenvalue weighted by atomic mass is 10.0. The number of nitrogens with zero attached hydrogens (tertiary/aromatic N) is 2. The molecule has 1 aliphatic heterocycles. The first-order valence-electron chi connectivity index (χ1n) is 5.14. The van der Waals surface area contributed by atoms with Crippen LogP contribution >= 0.6 is 0 Å². The Bertz CT molecular complexity index is 291. The summed E-state index contributed by atoms with van der Waals surface area (Å²) in [6.45, 7) is 0.838. The molecule has 14 heavy (non-hydrogen) atoms. The molecule has 1 aromatic rings. The standard InChI is InChI=1S/C10H17N3O/c1-13-6-5-8(12-13)10(11)9-4-2-3-7-14-9/h5-6,9-10H,2-4,7,11H2,1H3. The van der Waals surface area contributed by atoms with E-state index in [1.54, 1.807) is 4.68 Å². The van der Waals surface area contributed by atoms with Crippen molar-refractivity contribution in [2.24, 2.45) is 12.8 Å². The Morgan fingerprint density at radius 1 is 1.64 bits per heavy atom. The minimum absolute atomic E-state index is 0.0727. The molecule has 2 atom stereocenters. The number of aryl methyl sites for hydroxylation is 1. The quantitative estimate of drug-likeness (QED) is 0.765. The van der Waals surface area contributed by atoms with Crippen molar-refractivity contribution in [2.45, 2.75) is 31.4 Å². The lowest BCUT2D eigenvalue weighted by molar-refractivity contribution is -0.000845. The van der Waals surface area contributed by atoms with Crippen LogP contribution in [0.5, 0.6) is 0 Å². The number of ether oxygens (including phenoxy) is 1. The van der Waals surface area contributed by atoms with E-state index in [0.717, 1.165) is 25.1 Å². The molecule has 0 aromatic carbocycles. The maximum atomic E-state index is 6.08. The molecule has 1 saturated heterocycles. The van der Waals surface area contributed by atoms with Crippen molar-refractivity contribution in [3.05, 3.63) is 18.0 Å². The summed E-state index contributed by atoms with van der Waals surface area (Å²) in [6, 6.07) is 1.89. The first kappa shape index (κ1) is 9.68. The maximum absolute atomic E-state index is 6.08. The molecule has 0 radical (unpaired) electrons. The number of hydrogen-bond donors (Lipinski definition) is 1. The molecule has 0 aliphatic carbocycles. The van der Waals surface area contributed by atoms with Crippen LogP contribution in [-0.4, -0.2) is 22.5 Å². The minimum atomic E-state index is -0.0727. The van der Waals surface area contributed by atoms with E-state index in [1.807, 2.05) is 19.3 Å². The van der Waals surface area contributed by atoms with Crippen LogP contribution in [0.15, 0.2) is 12.3 Å². The van der Waals surface area contributed by atoms with Crippen LogP contribution in [0.2, 0.25) is 0 Å². The largest absolute Gasteiger partial charge is 0.376 e. The molecule has 2 N–H and O–H groups in total. The zero-order valence-electron chi connectivity index (χ0n) is 8.52. The number of rotatable bonds is 2. The van der Waals surface area contributed by atoms with Crippen LogP contribution in [0, 0.1) is 0 Å². The van der Waals surface area contributed by atoms with Crippen molar-refractivity contribution in [3.8, 4) is 0 Å². The van der Waals surface area contributed by atoms with E-state index in [4.69, 9.17) is 10.5 Å². The highest BCUT2D eigenvalue weighted by atomic mass is 16.5. The molecule has 4 nitrogen and oxygen atoms in total. The van der Waals surface area contributed by atoms with Gasteiger partial charge in [0.2, 0.25) is 0 Å². The second kappa shape index (κ2) is 4.11. The van der Waals surface area contributed by atoms with E-state index in [1.165, 1.54) is 6.42 Å². The lowest BCUT2D eigenvalue weighted by Gasteiger charge is -2.26. The molecule has 0 amide bonds. The zero-order valence-corrected chi connectivity index (χ0v) is 8.52. The van der Waals surface area contributed by atoms with Crippen LogP contribution in [-0.2, 0) is 11.8 Å². The van der Waals surface area contributed by atoms with Crippen LogP contribution in [0.25, 0.3) is 0 Å². The number of aromatic nitrogens is 2. The van der Waals surface area contributed by atoms with Crippen LogP contribution in [0.3, 0.4) is 0 Å². The average Bonchev–Trinajstić information content (AvgIpc) is 2.65. The van der Waals surface area contributed by atoms with Gasteiger partial charge in [0.15, 0.2) is 0 Å². The van der Waals surface area contributed by atoms with Crippen molar-refractivity contribution in [1.82, 2.24) is 9.78 Å². The van der Waals surface area contributed by atoms with Gasteiger partial charge in [-0.15, -0.1) is 0 Å². The molecule has 2 rings (SSSR count). The molecule has 4 heteroatoms. The fourth-order valence-electron chi connectivity index (χ4n) is 1.85. The van der Waals surface area contributed by atoms with Crippen molar-refractivity contribution >= 4 is 0 Å². The molecule has 0 saturated carbocycles. The smallest absolute Gasteiger partial charge is 0.0818 e. The second-order valence-electron chi connectivity index (χ2n) is 3.85. The van der Waals surface area contributed by atoms with Gasteiger partial charge >= 0.3 is 0 Å². The Balaban J connectivity index is 2.03. The van der Waals surface area contributed by atoms with Gasteiger partial charge in [-0.2, -0.15) is 5.10 Å². The monoisotopic (exact) mass is 195 g/mol. The topological polar surface area (TPSA) is 53.1 Å². The van der Waals surface area contributed by atoms with Crippen molar-refractivity contribution < 1.29 is 4.74 Å². The summed E-state index contributed by atoms with van der Waals surface area (Å²) in [5.41, 5.74) is 7.01. The summed E-state index contributed by atoms with van der Waals surface area (Å²) in [5.74, 6) is 0. The zero-order chi connectivity index (χ0) is 9.97. The predicted molar refractivity (Wildman–Crippen MR) is 53.7 cm³/mol. The summed E-state index contributed by atoms with van der Waals surface area (Å²) < 4.78 is 7.40. The Hall–Kier alpha value is -0.870. The van der Waals surface area contributed by atoms with Gasteiger partial charge in [-0.1, -0.05) is 0 Å². The highest BCUT2D eigenvalue weighted by Gasteiger charge is 2.24. The summed E-state index contributed by atoms with van der Waals surface area (Å²) in [7, 11) is 1.90. The normalized spacial score (nSPS) is 24.9. The van der Waals surface area contributed by atoms with Gasteiger partial charge in [0.1, 0.15) is 0 Å². The van der Waals surface area contributed by atoms with E-state index < -0.39 is 0 Å². The van der Waals surface area contributed by atoms with Crippen molar-refractivity contribution in [2.75, 3.05) is 6.61 Å². The number of nitrogens with two attached hydrogens (primary N) is 1. The van der Waals surface area contributed by atoms with Gasteiger partial charge in [-0.25, -0.2) is 0 Å². The van der Waals surface area contributed by atoms with Crippen molar-refractivity contribution in [1.29, 1.82) is 0 Å². The van der Waals surface area contributed by atoms with Gasteiger partial charge in [0.05, 0.1) is 17.8 Å². The van der Waals surface area contributed by atoms with Gasteiger partial charge < -0.3 is 10.5 Å². The fraction of sp³-hybridized carbons (Fsp3) is 0.700. The summed E-state index contributed by atoms with van der Waals surface area (Å²) >= 11 is 0. The van der Waals surface area contributed by atoms with Gasteiger partial charge in [0.25, 0.3) is 0 Å². The van der Waals surface area contributed by atoms with E-state index in [9.17, 15) is 0 Å². The van der Waals surface area contributed by atoms with E-state index in [0.29, 0.717) is 0 Å². The van der Waals surface area contributed by atoms with Crippen LogP contribution < -0.4 is 5.73 Å². The first-order chi connectivity index (χ1) is 6.77. The van der Waals surface area contributed by atoms with E-state index >= 15 is 0 Å². The van der Waals surface area contributed by atoms with Gasteiger partial charge in [-0.3, -0.25) is 4.68 Å². The highest BCUT2D eigenvalue weighted by Crippen LogP contribution is 2.23. The molecule has 1 aromatic heterocycles. The minimum Gasteiger partial charge on any atom is -0.376 e. The van der Waals surface area contributed by atoms with Gasteiger partial charge in [-0.05, 0) is 25.3 Å². The first-order valence-corrected chi connectivity index (χ1v) is 5.14. The molecule has 0 spiro atoms. The average molecular weight is 195 g/mol.